The van der Waals surface area contributed by atoms with Crippen molar-refractivity contribution in [3.05, 3.63) is 36.9 Å². The lowest BCUT2D eigenvalue weighted by atomic mass is 10.2. The molecule has 0 radical (unpaired) electrons. The smallest absolute Gasteiger partial charge is 0.243 e. The van der Waals surface area contributed by atoms with Crippen LogP contribution in [0.3, 0.4) is 0 Å². The Morgan fingerprint density at radius 1 is 1.25 bits per heavy atom. The van der Waals surface area contributed by atoms with E-state index >= 15 is 0 Å². The van der Waals surface area contributed by atoms with Crippen molar-refractivity contribution >= 4 is 27.7 Å². The number of benzene rings is 1. The standard InChI is InChI=1S/C21H27N5O4S2/c1-2-10-26-19(23-24-21(26)31-18-8-3-4-9-22-20(18)27)16-6-5-7-17(15-16)32(28,29)25-11-13-30-14-12-25/h2,5-7,15,18H,1,3-4,8-14H2,(H,22,27)/t18-/m1/s1. The molecule has 1 amide bonds. The van der Waals surface area contributed by atoms with Crippen molar-refractivity contribution in [2.24, 2.45) is 0 Å². The second-order valence-electron chi connectivity index (χ2n) is 7.64. The number of carbonyl (C=O) groups excluding carboxylic acids is 1. The highest BCUT2D eigenvalue weighted by atomic mass is 32.2. The monoisotopic (exact) mass is 477 g/mol. The number of aromatic nitrogens is 3. The van der Waals surface area contributed by atoms with Gasteiger partial charge >= 0.3 is 0 Å². The number of nitrogens with zero attached hydrogens (tertiary/aromatic N) is 4. The van der Waals surface area contributed by atoms with Crippen LogP contribution in [0.25, 0.3) is 11.4 Å². The van der Waals surface area contributed by atoms with Gasteiger partial charge in [-0.2, -0.15) is 4.31 Å². The molecule has 1 N–H and O–H groups in total. The molecular formula is C21H27N5O4S2. The first kappa shape index (κ1) is 23.0. The fourth-order valence-electron chi connectivity index (χ4n) is 3.77. The lowest BCUT2D eigenvalue weighted by Crippen LogP contribution is -2.40. The topological polar surface area (TPSA) is 106 Å². The fourth-order valence-corrected chi connectivity index (χ4v) is 6.33. The zero-order chi connectivity index (χ0) is 22.6. The summed E-state index contributed by atoms with van der Waals surface area (Å²) in [5, 5.41) is 12.0. The predicted octanol–water partition coefficient (Wildman–Crippen LogP) is 1.91. The molecule has 9 nitrogen and oxygen atoms in total. The van der Waals surface area contributed by atoms with Gasteiger partial charge in [0.1, 0.15) is 0 Å². The van der Waals surface area contributed by atoms with Crippen LogP contribution in [-0.4, -0.2) is 71.5 Å². The van der Waals surface area contributed by atoms with Crippen molar-refractivity contribution in [3.63, 3.8) is 0 Å². The summed E-state index contributed by atoms with van der Waals surface area (Å²) in [4.78, 5) is 12.6. The van der Waals surface area contributed by atoms with E-state index in [1.807, 2.05) is 10.6 Å². The molecule has 2 saturated heterocycles. The zero-order valence-corrected chi connectivity index (χ0v) is 19.4. The number of ether oxygens (including phenoxy) is 1. The average Bonchev–Trinajstić information content (AvgIpc) is 3.09. The summed E-state index contributed by atoms with van der Waals surface area (Å²) in [6.45, 7) is 6.43. The van der Waals surface area contributed by atoms with Crippen LogP contribution in [0.1, 0.15) is 19.3 Å². The van der Waals surface area contributed by atoms with Gasteiger partial charge in [-0.05, 0) is 25.0 Å². The second-order valence-corrected chi connectivity index (χ2v) is 10.8. The van der Waals surface area contributed by atoms with Gasteiger partial charge in [-0.15, -0.1) is 16.8 Å². The van der Waals surface area contributed by atoms with Crippen LogP contribution in [0, 0.1) is 0 Å². The Hall–Kier alpha value is -2.21. The van der Waals surface area contributed by atoms with E-state index in [0.717, 1.165) is 19.3 Å². The summed E-state index contributed by atoms with van der Waals surface area (Å²) in [7, 11) is -3.63. The van der Waals surface area contributed by atoms with Crippen LogP contribution in [-0.2, 0) is 26.1 Å². The number of thioether (sulfide) groups is 1. The number of amides is 1. The Bertz CT molecular complexity index is 1080. The Morgan fingerprint density at radius 3 is 2.84 bits per heavy atom. The molecule has 2 aliphatic rings. The van der Waals surface area contributed by atoms with Gasteiger partial charge in [-0.3, -0.25) is 9.36 Å². The van der Waals surface area contributed by atoms with E-state index in [9.17, 15) is 13.2 Å². The largest absolute Gasteiger partial charge is 0.379 e. The Morgan fingerprint density at radius 2 is 2.06 bits per heavy atom. The van der Waals surface area contributed by atoms with Gasteiger partial charge in [0.05, 0.1) is 23.4 Å². The maximum absolute atomic E-state index is 13.1. The Balaban J connectivity index is 1.64. The molecule has 172 valence electrons. The molecule has 2 fully saturated rings. The van der Waals surface area contributed by atoms with Crippen molar-refractivity contribution in [2.45, 2.75) is 41.1 Å². The number of hydrogen-bond acceptors (Lipinski definition) is 7. The summed E-state index contributed by atoms with van der Waals surface area (Å²) in [5.41, 5.74) is 0.644. The number of carbonyl (C=O) groups is 1. The number of hydrogen-bond donors (Lipinski definition) is 1. The third-order valence-corrected chi connectivity index (χ3v) is 8.60. The zero-order valence-electron chi connectivity index (χ0n) is 17.8. The summed E-state index contributed by atoms with van der Waals surface area (Å²) < 4.78 is 34.8. The van der Waals surface area contributed by atoms with Crippen LogP contribution < -0.4 is 5.32 Å². The van der Waals surface area contributed by atoms with Crippen LogP contribution >= 0.6 is 11.8 Å². The lowest BCUT2D eigenvalue weighted by molar-refractivity contribution is -0.120. The second kappa shape index (κ2) is 10.2. The predicted molar refractivity (Wildman–Crippen MR) is 122 cm³/mol. The molecule has 0 unspecified atom stereocenters. The summed E-state index contributed by atoms with van der Waals surface area (Å²) in [6, 6.07) is 6.74. The molecule has 3 heterocycles. The first-order valence-electron chi connectivity index (χ1n) is 10.7. The highest BCUT2D eigenvalue weighted by Gasteiger charge is 2.28. The van der Waals surface area contributed by atoms with Gasteiger partial charge in [0.25, 0.3) is 0 Å². The lowest BCUT2D eigenvalue weighted by Gasteiger charge is -2.26. The minimum Gasteiger partial charge on any atom is -0.379 e. The van der Waals surface area contributed by atoms with E-state index in [-0.39, 0.29) is 16.1 Å². The van der Waals surface area contributed by atoms with E-state index in [1.54, 1.807) is 24.3 Å². The molecule has 4 rings (SSSR count). The third-order valence-electron chi connectivity index (χ3n) is 5.46. The van der Waals surface area contributed by atoms with Crippen LogP contribution in [0.15, 0.2) is 47.0 Å². The molecule has 1 aromatic heterocycles. The summed E-state index contributed by atoms with van der Waals surface area (Å²) >= 11 is 1.39. The molecule has 1 atom stereocenters. The van der Waals surface area contributed by atoms with Crippen LogP contribution in [0.2, 0.25) is 0 Å². The number of nitrogens with one attached hydrogen (secondary N) is 1. The molecule has 2 aromatic rings. The van der Waals surface area contributed by atoms with Crippen molar-refractivity contribution in [3.8, 4) is 11.4 Å². The van der Waals surface area contributed by atoms with Gasteiger partial charge in [0.15, 0.2) is 11.0 Å². The molecule has 1 aromatic carbocycles. The minimum atomic E-state index is -3.63. The van der Waals surface area contributed by atoms with Gasteiger partial charge < -0.3 is 10.1 Å². The van der Waals surface area contributed by atoms with E-state index in [2.05, 4.69) is 22.1 Å². The molecule has 0 aliphatic carbocycles. The van der Waals surface area contributed by atoms with E-state index < -0.39 is 10.0 Å². The van der Waals surface area contributed by atoms with E-state index in [4.69, 9.17) is 4.74 Å². The van der Waals surface area contributed by atoms with Gasteiger partial charge in [-0.25, -0.2) is 8.42 Å². The minimum absolute atomic E-state index is 0.0146. The van der Waals surface area contributed by atoms with Gasteiger partial charge in [-0.1, -0.05) is 36.4 Å². The van der Waals surface area contributed by atoms with E-state index in [0.29, 0.717) is 55.9 Å². The molecule has 0 saturated carbocycles. The first-order chi connectivity index (χ1) is 15.5. The number of allylic oxidation sites excluding steroid dienone is 1. The summed E-state index contributed by atoms with van der Waals surface area (Å²) in [6.07, 6.45) is 4.45. The maximum Gasteiger partial charge on any atom is 0.243 e. The van der Waals surface area contributed by atoms with Crippen molar-refractivity contribution < 1.29 is 17.9 Å². The fraction of sp³-hybridized carbons (Fsp3) is 0.476. The molecule has 0 bridgehead atoms. The van der Waals surface area contributed by atoms with Crippen molar-refractivity contribution in [1.29, 1.82) is 0 Å². The number of rotatable bonds is 7. The number of morpholine rings is 1. The molecule has 32 heavy (non-hydrogen) atoms. The van der Waals surface area contributed by atoms with Gasteiger partial charge in [0, 0.05) is 31.7 Å². The van der Waals surface area contributed by atoms with Crippen LogP contribution in [0.4, 0.5) is 0 Å². The summed E-state index contributed by atoms with van der Waals surface area (Å²) in [5.74, 6) is 0.557. The maximum atomic E-state index is 13.1. The SMILES string of the molecule is C=CCn1c(S[C@@H]2CCCCNC2=O)nnc1-c1cccc(S(=O)(=O)N2CCOCC2)c1. The number of sulfonamides is 1. The highest BCUT2D eigenvalue weighted by Crippen LogP contribution is 2.31. The van der Waals surface area contributed by atoms with Crippen molar-refractivity contribution in [1.82, 2.24) is 24.4 Å². The van der Waals surface area contributed by atoms with Gasteiger partial charge in [0.2, 0.25) is 15.9 Å². The molecule has 11 heteroatoms. The highest BCUT2D eigenvalue weighted by molar-refractivity contribution is 8.00. The molecule has 2 aliphatic heterocycles. The molecular weight excluding hydrogens is 450 g/mol. The molecule has 0 spiro atoms. The first-order valence-corrected chi connectivity index (χ1v) is 13.0. The van der Waals surface area contributed by atoms with E-state index in [1.165, 1.54) is 16.1 Å². The van der Waals surface area contributed by atoms with Crippen molar-refractivity contribution in [2.75, 3.05) is 32.8 Å². The Labute approximate surface area is 192 Å². The van der Waals surface area contributed by atoms with Crippen LogP contribution in [0.5, 0.6) is 0 Å². The third kappa shape index (κ3) is 4.90. The normalized spacial score (nSPS) is 20.5. The average molecular weight is 478 g/mol. The quantitative estimate of drug-likeness (QED) is 0.607. The Kier molecular flexibility index (Phi) is 7.29.